The summed E-state index contributed by atoms with van der Waals surface area (Å²) >= 11 is 0. The van der Waals surface area contributed by atoms with Crippen LogP contribution in [0.5, 0.6) is 11.5 Å². The minimum absolute atomic E-state index is 0.0867. The van der Waals surface area contributed by atoms with Crippen molar-refractivity contribution in [1.29, 1.82) is 0 Å². The number of rotatable bonds is 12. The summed E-state index contributed by atoms with van der Waals surface area (Å²) in [5, 5.41) is 0. The van der Waals surface area contributed by atoms with Gasteiger partial charge in [0.05, 0.1) is 5.41 Å². The zero-order valence-corrected chi connectivity index (χ0v) is 21.0. The first-order chi connectivity index (χ1) is 15.9. The zero-order chi connectivity index (χ0) is 25.9. The first kappa shape index (κ1) is 29.1. The molecule has 0 spiro atoms. The predicted molar refractivity (Wildman–Crippen MR) is 125 cm³/mol. The van der Waals surface area contributed by atoms with Crippen LogP contribution in [0.2, 0.25) is 0 Å². The summed E-state index contributed by atoms with van der Waals surface area (Å²) in [6.07, 6.45) is 1.12. The summed E-state index contributed by atoms with van der Waals surface area (Å²) in [5.41, 5.74) is 5.91. The Morgan fingerprint density at radius 1 is 0.941 bits per heavy atom. The van der Waals surface area contributed by atoms with E-state index < -0.39 is 41.4 Å². The normalized spacial score (nSPS) is 12.9. The molecule has 1 rings (SSSR count). The van der Waals surface area contributed by atoms with Crippen LogP contribution in [0.1, 0.15) is 72.8 Å². The van der Waals surface area contributed by atoms with Gasteiger partial charge in [0.15, 0.2) is 11.5 Å². The monoisotopic (exact) mass is 479 g/mol. The maximum Gasteiger partial charge on any atom is 0.323 e. The van der Waals surface area contributed by atoms with Crippen LogP contribution >= 0.6 is 0 Å². The molecule has 0 bridgehead atoms. The van der Waals surface area contributed by atoms with Crippen molar-refractivity contribution < 1.29 is 38.1 Å². The highest BCUT2D eigenvalue weighted by Crippen LogP contribution is 2.30. The van der Waals surface area contributed by atoms with Gasteiger partial charge in [0, 0.05) is 12.8 Å². The van der Waals surface area contributed by atoms with Gasteiger partial charge >= 0.3 is 23.9 Å². The van der Waals surface area contributed by atoms with E-state index in [1.54, 1.807) is 33.8 Å². The highest BCUT2D eigenvalue weighted by atomic mass is 16.6. The molecule has 2 atom stereocenters. The van der Waals surface area contributed by atoms with E-state index in [0.29, 0.717) is 18.4 Å². The first-order valence-electron chi connectivity index (χ1n) is 11.5. The van der Waals surface area contributed by atoms with Crippen molar-refractivity contribution in [1.82, 2.24) is 0 Å². The molecule has 190 valence electrons. The molecule has 0 fully saturated rings. The lowest BCUT2D eigenvalue weighted by atomic mass is 9.97. The maximum absolute atomic E-state index is 12.3. The molecule has 9 heteroatoms. The third-order valence-electron chi connectivity index (χ3n) is 4.50. The molecule has 1 aromatic rings. The summed E-state index contributed by atoms with van der Waals surface area (Å²) in [6.45, 7) is 10.4. The van der Waals surface area contributed by atoms with Gasteiger partial charge in [-0.25, -0.2) is 0 Å². The molecular formula is C25H37NO8. The molecule has 0 saturated heterocycles. The second-order valence-electron chi connectivity index (χ2n) is 9.14. The highest BCUT2D eigenvalue weighted by molar-refractivity contribution is 5.78. The molecular weight excluding hydrogens is 442 g/mol. The molecule has 0 aromatic heterocycles. The molecule has 0 unspecified atom stereocenters. The smallest absolute Gasteiger partial charge is 0.323 e. The van der Waals surface area contributed by atoms with Crippen LogP contribution in [0, 0.1) is 5.41 Å². The number of hydrogen-bond acceptors (Lipinski definition) is 9. The Bertz CT molecular complexity index is 859. The number of nitrogens with two attached hydrogens (primary N) is 1. The molecule has 0 aliphatic heterocycles. The summed E-state index contributed by atoms with van der Waals surface area (Å²) in [6, 6.07) is 3.65. The average Bonchev–Trinajstić information content (AvgIpc) is 2.73. The molecule has 0 amide bonds. The maximum atomic E-state index is 12.3. The van der Waals surface area contributed by atoms with Gasteiger partial charge < -0.3 is 24.7 Å². The van der Waals surface area contributed by atoms with Gasteiger partial charge in [-0.15, -0.1) is 0 Å². The number of ether oxygens (including phenoxy) is 4. The van der Waals surface area contributed by atoms with E-state index in [9.17, 15) is 19.2 Å². The molecule has 1 aromatic carbocycles. The third-order valence-corrected chi connectivity index (χ3v) is 4.50. The van der Waals surface area contributed by atoms with Crippen molar-refractivity contribution in [2.24, 2.45) is 11.1 Å². The summed E-state index contributed by atoms with van der Waals surface area (Å²) in [4.78, 5) is 48.2. The van der Waals surface area contributed by atoms with E-state index in [2.05, 4.69) is 0 Å². The van der Waals surface area contributed by atoms with Crippen molar-refractivity contribution in [2.75, 3.05) is 6.61 Å². The number of hydrogen-bond donors (Lipinski definition) is 1. The topological polar surface area (TPSA) is 131 Å². The zero-order valence-electron chi connectivity index (χ0n) is 21.0. The van der Waals surface area contributed by atoms with Crippen LogP contribution in [-0.4, -0.2) is 42.6 Å². The van der Waals surface area contributed by atoms with Crippen LogP contribution in [-0.2, 0) is 35.1 Å². The van der Waals surface area contributed by atoms with Gasteiger partial charge in [-0.3, -0.25) is 19.2 Å². The van der Waals surface area contributed by atoms with Crippen LogP contribution in [0.25, 0.3) is 0 Å². The van der Waals surface area contributed by atoms with Crippen molar-refractivity contribution in [3.8, 4) is 11.5 Å². The molecule has 9 nitrogen and oxygen atoms in total. The van der Waals surface area contributed by atoms with E-state index in [0.717, 1.165) is 0 Å². The first-order valence-corrected chi connectivity index (χ1v) is 11.5. The highest BCUT2D eigenvalue weighted by Gasteiger charge is 2.26. The molecule has 0 heterocycles. The van der Waals surface area contributed by atoms with Crippen LogP contribution in [0.15, 0.2) is 18.2 Å². The van der Waals surface area contributed by atoms with Gasteiger partial charge in [0.1, 0.15) is 18.8 Å². The predicted octanol–water partition coefficient (Wildman–Crippen LogP) is 3.49. The standard InChI is InChI=1S/C25H37NO8/c1-7-9-21(27)33-19-12-11-17(14-20(19)34-22(28)10-8-2)13-18(26)23(29)31-15-16(3)32-24(30)25(4,5)6/h11-12,14,16,18H,7-10,13,15,26H2,1-6H3/t16-,18-/m0/s1. The minimum atomic E-state index is -1.00. The van der Waals surface area contributed by atoms with Gasteiger partial charge in [0.2, 0.25) is 0 Å². The van der Waals surface area contributed by atoms with E-state index in [1.165, 1.54) is 12.1 Å². The van der Waals surface area contributed by atoms with Gasteiger partial charge in [-0.1, -0.05) is 19.9 Å². The lowest BCUT2D eigenvalue weighted by molar-refractivity contribution is -0.165. The lowest BCUT2D eigenvalue weighted by Crippen LogP contribution is -2.37. The average molecular weight is 480 g/mol. The molecule has 0 aliphatic rings. The fraction of sp³-hybridized carbons (Fsp3) is 0.600. The van der Waals surface area contributed by atoms with Crippen molar-refractivity contribution in [3.63, 3.8) is 0 Å². The largest absolute Gasteiger partial charge is 0.461 e. The Balaban J connectivity index is 2.81. The van der Waals surface area contributed by atoms with E-state index in [1.807, 2.05) is 13.8 Å². The fourth-order valence-corrected chi connectivity index (χ4v) is 2.64. The fourth-order valence-electron chi connectivity index (χ4n) is 2.64. The minimum Gasteiger partial charge on any atom is -0.461 e. The molecule has 0 saturated carbocycles. The Morgan fingerprint density at radius 3 is 2.03 bits per heavy atom. The number of benzene rings is 1. The van der Waals surface area contributed by atoms with Crippen molar-refractivity contribution in [3.05, 3.63) is 23.8 Å². The van der Waals surface area contributed by atoms with Crippen LogP contribution < -0.4 is 15.2 Å². The van der Waals surface area contributed by atoms with E-state index in [4.69, 9.17) is 24.7 Å². The second-order valence-corrected chi connectivity index (χ2v) is 9.14. The SMILES string of the molecule is CCCC(=O)Oc1ccc(C[C@H](N)C(=O)OC[C@H](C)OC(=O)C(C)(C)C)cc1OC(=O)CCC. The number of carbonyl (C=O) groups excluding carboxylic acids is 4. The molecule has 2 N–H and O–H groups in total. The van der Waals surface area contributed by atoms with Crippen LogP contribution in [0.4, 0.5) is 0 Å². The molecule has 0 aliphatic carbocycles. The van der Waals surface area contributed by atoms with Crippen molar-refractivity contribution in [2.45, 2.75) is 85.8 Å². The summed E-state index contributed by atoms with van der Waals surface area (Å²) in [5.74, 6) is -1.76. The Morgan fingerprint density at radius 2 is 1.50 bits per heavy atom. The number of esters is 4. The van der Waals surface area contributed by atoms with E-state index >= 15 is 0 Å². The van der Waals surface area contributed by atoms with Crippen LogP contribution in [0.3, 0.4) is 0 Å². The molecule has 34 heavy (non-hydrogen) atoms. The summed E-state index contributed by atoms with van der Waals surface area (Å²) in [7, 11) is 0. The van der Waals surface area contributed by atoms with Gasteiger partial charge in [-0.05, 0) is 64.7 Å². The summed E-state index contributed by atoms with van der Waals surface area (Å²) < 4.78 is 21.1. The Kier molecular flexibility index (Phi) is 11.7. The number of carbonyl (C=O) groups is 4. The van der Waals surface area contributed by atoms with E-state index in [-0.39, 0.29) is 37.4 Å². The van der Waals surface area contributed by atoms with Gasteiger partial charge in [-0.2, -0.15) is 0 Å². The quantitative estimate of drug-likeness (QED) is 0.353. The van der Waals surface area contributed by atoms with Gasteiger partial charge in [0.25, 0.3) is 0 Å². The third kappa shape index (κ3) is 10.3. The second kappa shape index (κ2) is 13.7. The molecule has 0 radical (unpaired) electrons. The Hall–Kier alpha value is -2.94. The lowest BCUT2D eigenvalue weighted by Gasteiger charge is -2.21. The Labute approximate surface area is 201 Å². The van der Waals surface area contributed by atoms with Crippen molar-refractivity contribution >= 4 is 23.9 Å².